The van der Waals surface area contributed by atoms with E-state index in [4.69, 9.17) is 5.11 Å². The van der Waals surface area contributed by atoms with Gasteiger partial charge in [-0.25, -0.2) is 4.79 Å². The smallest absolute Gasteiger partial charge is 0.417 e. The van der Waals surface area contributed by atoms with Crippen LogP contribution in [-0.2, 0) is 6.18 Å². The van der Waals surface area contributed by atoms with E-state index >= 15 is 0 Å². The number of hydrogen-bond donors (Lipinski definition) is 1. The number of nitrogens with zero attached hydrogens (tertiary/aromatic N) is 1. The number of hydrogen-bond acceptors (Lipinski definition) is 2. The highest BCUT2D eigenvalue weighted by Gasteiger charge is 2.35. The third-order valence-electron chi connectivity index (χ3n) is 2.78. The van der Waals surface area contributed by atoms with Crippen molar-refractivity contribution < 1.29 is 23.1 Å². The number of rotatable bonds is 5. The zero-order valence-electron chi connectivity index (χ0n) is 10.8. The maximum absolute atomic E-state index is 12.9. The van der Waals surface area contributed by atoms with Crippen LogP contribution >= 0.6 is 0 Å². The summed E-state index contributed by atoms with van der Waals surface area (Å²) in [5.41, 5.74) is -1.43. The van der Waals surface area contributed by atoms with Crippen molar-refractivity contribution in [3.05, 3.63) is 29.3 Å². The summed E-state index contributed by atoms with van der Waals surface area (Å²) >= 11 is 0. The Bertz CT molecular complexity index is 458. The topological polar surface area (TPSA) is 40.5 Å². The Balaban J connectivity index is 3.29. The predicted molar refractivity (Wildman–Crippen MR) is 66.6 cm³/mol. The molecule has 0 atom stereocenters. The molecule has 1 aromatic carbocycles. The fraction of sp³-hybridized carbons (Fsp3) is 0.462. The highest BCUT2D eigenvalue weighted by Crippen LogP contribution is 2.34. The minimum absolute atomic E-state index is 0.390. The van der Waals surface area contributed by atoms with Crippen LogP contribution in [0.1, 0.15) is 36.2 Å². The Labute approximate surface area is 109 Å². The second-order valence-electron chi connectivity index (χ2n) is 4.11. The molecule has 0 aromatic heterocycles. The molecule has 0 unspecified atom stereocenters. The van der Waals surface area contributed by atoms with E-state index < -0.39 is 23.3 Å². The summed E-state index contributed by atoms with van der Waals surface area (Å²) in [6, 6.07) is 3.33. The quantitative estimate of drug-likeness (QED) is 0.891. The van der Waals surface area contributed by atoms with Gasteiger partial charge >= 0.3 is 12.1 Å². The van der Waals surface area contributed by atoms with Crippen LogP contribution in [0.5, 0.6) is 0 Å². The van der Waals surface area contributed by atoms with Crippen molar-refractivity contribution in [3.8, 4) is 0 Å². The maximum Gasteiger partial charge on any atom is 0.417 e. The van der Waals surface area contributed by atoms with Gasteiger partial charge in [0.15, 0.2) is 0 Å². The molecule has 0 saturated carbocycles. The van der Waals surface area contributed by atoms with Gasteiger partial charge in [-0.05, 0) is 31.5 Å². The predicted octanol–water partition coefficient (Wildman–Crippen LogP) is 3.64. The number of halogens is 3. The van der Waals surface area contributed by atoms with Gasteiger partial charge in [-0.2, -0.15) is 13.2 Å². The minimum Gasteiger partial charge on any atom is -0.478 e. The molecule has 0 amide bonds. The van der Waals surface area contributed by atoms with E-state index in [0.717, 1.165) is 18.6 Å². The van der Waals surface area contributed by atoms with Gasteiger partial charge in [-0.1, -0.05) is 6.92 Å². The van der Waals surface area contributed by atoms with Gasteiger partial charge in [0, 0.05) is 18.8 Å². The van der Waals surface area contributed by atoms with E-state index in [1.165, 1.54) is 6.07 Å². The summed E-state index contributed by atoms with van der Waals surface area (Å²) in [7, 11) is 0. The van der Waals surface area contributed by atoms with E-state index in [2.05, 4.69) is 0 Å². The molecular formula is C13H16F3NO2. The molecule has 1 N–H and O–H groups in total. The van der Waals surface area contributed by atoms with Gasteiger partial charge in [0.25, 0.3) is 0 Å². The number of anilines is 1. The first kappa shape index (κ1) is 15.3. The molecule has 0 aliphatic heterocycles. The van der Waals surface area contributed by atoms with Gasteiger partial charge < -0.3 is 10.0 Å². The fourth-order valence-electron chi connectivity index (χ4n) is 1.89. The molecule has 0 heterocycles. The molecule has 0 radical (unpaired) electrons. The third kappa shape index (κ3) is 3.62. The van der Waals surface area contributed by atoms with Gasteiger partial charge in [0.2, 0.25) is 0 Å². The Hall–Kier alpha value is -1.72. The van der Waals surface area contributed by atoms with Crippen molar-refractivity contribution in [2.75, 3.05) is 18.0 Å². The third-order valence-corrected chi connectivity index (χ3v) is 2.78. The molecule has 1 rings (SSSR count). The molecule has 106 valence electrons. The Kier molecular flexibility index (Phi) is 4.80. The van der Waals surface area contributed by atoms with Crippen LogP contribution in [-0.4, -0.2) is 24.2 Å². The molecule has 0 spiro atoms. The molecule has 0 aliphatic rings. The van der Waals surface area contributed by atoms with E-state index in [-0.39, 0.29) is 0 Å². The fourth-order valence-corrected chi connectivity index (χ4v) is 1.89. The van der Waals surface area contributed by atoms with Crippen LogP contribution in [0.4, 0.5) is 18.9 Å². The number of benzene rings is 1. The Morgan fingerprint density at radius 3 is 2.37 bits per heavy atom. The van der Waals surface area contributed by atoms with E-state index in [0.29, 0.717) is 18.8 Å². The number of aromatic carboxylic acids is 1. The molecule has 0 aliphatic carbocycles. The second kappa shape index (κ2) is 5.95. The van der Waals surface area contributed by atoms with Gasteiger partial charge in [0.05, 0.1) is 11.1 Å². The average Bonchev–Trinajstić information content (AvgIpc) is 2.34. The van der Waals surface area contributed by atoms with Crippen molar-refractivity contribution >= 4 is 11.7 Å². The second-order valence-corrected chi connectivity index (χ2v) is 4.11. The van der Waals surface area contributed by atoms with Crippen LogP contribution in [0.2, 0.25) is 0 Å². The molecule has 0 bridgehead atoms. The number of carboxylic acid groups (broad SMARTS) is 1. The summed E-state index contributed by atoms with van der Waals surface area (Å²) in [6.07, 6.45) is -3.87. The van der Waals surface area contributed by atoms with Crippen LogP contribution < -0.4 is 4.90 Å². The van der Waals surface area contributed by atoms with E-state index in [1.807, 2.05) is 13.8 Å². The van der Waals surface area contributed by atoms with Crippen LogP contribution in [0.15, 0.2) is 18.2 Å². The molecule has 3 nitrogen and oxygen atoms in total. The first-order chi connectivity index (χ1) is 8.81. The monoisotopic (exact) mass is 275 g/mol. The summed E-state index contributed by atoms with van der Waals surface area (Å²) in [6.45, 7) is 4.96. The first-order valence-electron chi connectivity index (χ1n) is 6.00. The summed E-state index contributed by atoms with van der Waals surface area (Å²) < 4.78 is 38.6. The maximum atomic E-state index is 12.9. The lowest BCUT2D eigenvalue weighted by Crippen LogP contribution is -2.24. The largest absolute Gasteiger partial charge is 0.478 e. The first-order valence-corrected chi connectivity index (χ1v) is 6.00. The molecular weight excluding hydrogens is 259 g/mol. The van der Waals surface area contributed by atoms with Crippen molar-refractivity contribution in [2.24, 2.45) is 0 Å². The molecule has 19 heavy (non-hydrogen) atoms. The lowest BCUT2D eigenvalue weighted by atomic mass is 10.1. The standard InChI is InChI=1S/C13H16F3NO2/c1-3-7-17(4-2)9-5-6-10(12(18)19)11(8-9)13(14,15)16/h5-6,8H,3-4,7H2,1-2H3,(H,18,19). The summed E-state index contributed by atoms with van der Waals surface area (Å²) in [4.78, 5) is 12.6. The highest BCUT2D eigenvalue weighted by molar-refractivity contribution is 5.90. The molecule has 0 saturated heterocycles. The summed E-state index contributed by atoms with van der Waals surface area (Å²) in [5.74, 6) is -1.57. The molecule has 0 fully saturated rings. The van der Waals surface area contributed by atoms with Crippen molar-refractivity contribution in [2.45, 2.75) is 26.4 Å². The SMILES string of the molecule is CCCN(CC)c1ccc(C(=O)O)c(C(F)(F)F)c1. The normalized spacial score (nSPS) is 11.4. The summed E-state index contributed by atoms with van der Waals surface area (Å²) in [5, 5.41) is 8.81. The average molecular weight is 275 g/mol. The Morgan fingerprint density at radius 1 is 1.32 bits per heavy atom. The van der Waals surface area contributed by atoms with Gasteiger partial charge in [-0.3, -0.25) is 0 Å². The van der Waals surface area contributed by atoms with Gasteiger partial charge in [0.1, 0.15) is 0 Å². The zero-order chi connectivity index (χ0) is 14.6. The number of carboxylic acids is 1. The van der Waals surface area contributed by atoms with Crippen LogP contribution in [0.25, 0.3) is 0 Å². The van der Waals surface area contributed by atoms with Crippen molar-refractivity contribution in [1.82, 2.24) is 0 Å². The molecule has 1 aromatic rings. The highest BCUT2D eigenvalue weighted by atomic mass is 19.4. The van der Waals surface area contributed by atoms with E-state index in [1.54, 1.807) is 4.90 Å². The van der Waals surface area contributed by atoms with Crippen LogP contribution in [0.3, 0.4) is 0 Å². The number of carbonyl (C=O) groups is 1. The lowest BCUT2D eigenvalue weighted by molar-refractivity contribution is -0.138. The van der Waals surface area contributed by atoms with Crippen molar-refractivity contribution in [1.29, 1.82) is 0 Å². The number of alkyl halides is 3. The van der Waals surface area contributed by atoms with Gasteiger partial charge in [-0.15, -0.1) is 0 Å². The molecule has 6 heteroatoms. The Morgan fingerprint density at radius 2 is 1.95 bits per heavy atom. The lowest BCUT2D eigenvalue weighted by Gasteiger charge is -2.24. The minimum atomic E-state index is -4.67. The zero-order valence-corrected chi connectivity index (χ0v) is 10.8. The van der Waals surface area contributed by atoms with E-state index in [9.17, 15) is 18.0 Å². The van der Waals surface area contributed by atoms with Crippen LogP contribution in [0, 0.1) is 0 Å². The van der Waals surface area contributed by atoms with Crippen molar-refractivity contribution in [3.63, 3.8) is 0 Å².